The summed E-state index contributed by atoms with van der Waals surface area (Å²) in [5.74, 6) is 0. The van der Waals surface area contributed by atoms with Gasteiger partial charge in [0.15, 0.2) is 0 Å². The van der Waals surface area contributed by atoms with Crippen molar-refractivity contribution >= 4 is 8.07 Å². The minimum Gasteiger partial charge on any atom is -0.307 e. The fraction of sp³-hybridized carbons (Fsp3) is 0.833. The van der Waals surface area contributed by atoms with Crippen LogP contribution in [0, 0.1) is 0 Å². The molecule has 0 aromatic rings. The first kappa shape index (κ1) is 13.9. The lowest BCUT2D eigenvalue weighted by molar-refractivity contribution is 0.352. The van der Waals surface area contributed by atoms with Crippen LogP contribution in [0.3, 0.4) is 0 Å². The van der Waals surface area contributed by atoms with Gasteiger partial charge in [-0.3, -0.25) is 0 Å². The number of rotatable bonds is 7. The van der Waals surface area contributed by atoms with Crippen molar-refractivity contribution in [2.75, 3.05) is 20.1 Å². The number of nitrogens with zero attached hydrogens (tertiary/aromatic N) is 1. The minimum atomic E-state index is -0.999. The van der Waals surface area contributed by atoms with E-state index in [1.54, 1.807) is 0 Å². The molecule has 0 N–H and O–H groups in total. The lowest BCUT2D eigenvalue weighted by Crippen LogP contribution is -2.32. The van der Waals surface area contributed by atoms with Crippen LogP contribution in [0.25, 0.3) is 0 Å². The summed E-state index contributed by atoms with van der Waals surface area (Å²) in [4.78, 5) is 2.45. The van der Waals surface area contributed by atoms with Crippen LogP contribution < -0.4 is 0 Å². The van der Waals surface area contributed by atoms with Crippen molar-refractivity contribution < 1.29 is 0 Å². The molecule has 0 aliphatic rings. The van der Waals surface area contributed by atoms with Crippen LogP contribution >= 0.6 is 0 Å². The number of allylic oxidation sites excluding steroid dienone is 1. The van der Waals surface area contributed by atoms with Crippen LogP contribution in [-0.4, -0.2) is 33.1 Å². The van der Waals surface area contributed by atoms with Gasteiger partial charge in [0.1, 0.15) is 0 Å². The van der Waals surface area contributed by atoms with E-state index in [1.807, 2.05) is 0 Å². The van der Waals surface area contributed by atoms with E-state index in [-0.39, 0.29) is 0 Å². The van der Waals surface area contributed by atoms with Crippen LogP contribution in [0.4, 0.5) is 0 Å². The van der Waals surface area contributed by atoms with Crippen LogP contribution in [-0.2, 0) is 0 Å². The molecule has 0 radical (unpaired) electrons. The Morgan fingerprint density at radius 3 is 2.29 bits per heavy atom. The third-order valence-electron chi connectivity index (χ3n) is 2.56. The van der Waals surface area contributed by atoms with Crippen LogP contribution in [0.2, 0.25) is 25.2 Å². The fourth-order valence-corrected chi connectivity index (χ4v) is 4.69. The predicted molar refractivity (Wildman–Crippen MR) is 69.7 cm³/mol. The molecule has 0 aliphatic carbocycles. The molecule has 84 valence electrons. The van der Waals surface area contributed by atoms with Gasteiger partial charge in [-0.25, -0.2) is 0 Å². The highest BCUT2D eigenvalue weighted by Crippen LogP contribution is 2.19. The molecule has 0 spiro atoms. The van der Waals surface area contributed by atoms with Crippen molar-refractivity contribution in [2.45, 2.75) is 45.5 Å². The zero-order valence-corrected chi connectivity index (χ0v) is 11.7. The van der Waals surface area contributed by atoms with Crippen LogP contribution in [0.1, 0.15) is 20.3 Å². The second-order valence-electron chi connectivity index (χ2n) is 5.35. The lowest BCUT2D eigenvalue weighted by Gasteiger charge is -2.25. The zero-order valence-electron chi connectivity index (χ0n) is 10.7. The highest BCUT2D eigenvalue weighted by molar-refractivity contribution is 6.78. The third-order valence-corrected chi connectivity index (χ3v) is 5.69. The average molecular weight is 213 g/mol. The normalized spacial score (nSPS) is 12.1. The summed E-state index contributed by atoms with van der Waals surface area (Å²) in [5, 5.41) is 0. The molecule has 0 atom stereocenters. The topological polar surface area (TPSA) is 3.24 Å². The Morgan fingerprint density at radius 2 is 1.86 bits per heavy atom. The molecule has 2 heteroatoms. The summed E-state index contributed by atoms with van der Waals surface area (Å²) in [6.45, 7) is 15.9. The second-order valence-corrected chi connectivity index (χ2v) is 10.5. The van der Waals surface area contributed by atoms with Gasteiger partial charge in [0.2, 0.25) is 0 Å². The van der Waals surface area contributed by atoms with Gasteiger partial charge in [-0.2, -0.15) is 0 Å². The smallest absolute Gasteiger partial charge is 0.0526 e. The molecule has 0 fully saturated rings. The Bertz CT molecular complexity index is 175. The van der Waals surface area contributed by atoms with Gasteiger partial charge < -0.3 is 4.90 Å². The molecule has 0 heterocycles. The molecule has 0 bridgehead atoms. The monoisotopic (exact) mass is 213 g/mol. The van der Waals surface area contributed by atoms with Gasteiger partial charge in [-0.05, 0) is 45.6 Å². The van der Waals surface area contributed by atoms with Crippen LogP contribution in [0.15, 0.2) is 12.2 Å². The Kier molecular flexibility index (Phi) is 6.37. The molecule has 0 amide bonds. The van der Waals surface area contributed by atoms with Crippen molar-refractivity contribution in [3.8, 4) is 0 Å². The fourth-order valence-electron chi connectivity index (χ4n) is 1.89. The van der Waals surface area contributed by atoms with Crippen molar-refractivity contribution in [1.29, 1.82) is 0 Å². The van der Waals surface area contributed by atoms with E-state index in [9.17, 15) is 0 Å². The summed E-state index contributed by atoms with van der Waals surface area (Å²) in [7, 11) is 1.23. The van der Waals surface area contributed by atoms with E-state index in [4.69, 9.17) is 0 Å². The Labute approximate surface area is 91.2 Å². The van der Waals surface area contributed by atoms with Gasteiger partial charge in [-0.1, -0.05) is 25.6 Å². The van der Waals surface area contributed by atoms with Gasteiger partial charge in [0.25, 0.3) is 0 Å². The largest absolute Gasteiger partial charge is 0.307 e. The van der Waals surface area contributed by atoms with Gasteiger partial charge in [-0.15, -0.1) is 6.58 Å². The lowest BCUT2D eigenvalue weighted by atomic mass is 10.4. The van der Waals surface area contributed by atoms with Crippen molar-refractivity contribution in [3.05, 3.63) is 12.2 Å². The van der Waals surface area contributed by atoms with Gasteiger partial charge in [0, 0.05) is 0 Å². The second kappa shape index (κ2) is 6.41. The van der Waals surface area contributed by atoms with Crippen LogP contribution in [0.5, 0.6) is 0 Å². The maximum atomic E-state index is 4.02. The van der Waals surface area contributed by atoms with Crippen molar-refractivity contribution in [1.82, 2.24) is 4.90 Å². The maximum absolute atomic E-state index is 4.02. The summed E-state index contributed by atoms with van der Waals surface area (Å²) in [6.07, 6.45) is 1.26. The van der Waals surface area contributed by atoms with Gasteiger partial charge >= 0.3 is 0 Å². The van der Waals surface area contributed by atoms with E-state index < -0.39 is 8.07 Å². The Morgan fingerprint density at radius 1 is 1.29 bits per heavy atom. The molecule has 0 saturated carbocycles. The average Bonchev–Trinajstić information content (AvgIpc) is 1.99. The molecule has 1 nitrogen and oxygen atoms in total. The predicted octanol–water partition coefficient (Wildman–Crippen LogP) is 3.61. The zero-order chi connectivity index (χ0) is 11.2. The summed E-state index contributed by atoms with van der Waals surface area (Å²) in [6, 6.07) is 2.68. The van der Waals surface area contributed by atoms with E-state index in [2.05, 4.69) is 45.5 Å². The maximum Gasteiger partial charge on any atom is 0.0526 e. The first-order chi connectivity index (χ1) is 6.37. The third kappa shape index (κ3) is 7.33. The number of hydrogen-bond donors (Lipinski definition) is 0. The molecular formula is C12H27NSi. The molecule has 0 aromatic carbocycles. The molecule has 0 aliphatic heterocycles. The highest BCUT2D eigenvalue weighted by atomic mass is 28.3. The van der Waals surface area contributed by atoms with E-state index in [0.717, 1.165) is 0 Å². The SMILES string of the molecule is C=C(C)C[Si](C)(C)CCN(C)CCC. The molecule has 0 rings (SSSR count). The standard InChI is InChI=1S/C12H27NSi/c1-7-8-13(4)9-10-14(5,6)11-12(2)3/h2,7-11H2,1,3-6H3. The molecule has 0 unspecified atom stereocenters. The first-order valence-electron chi connectivity index (χ1n) is 5.70. The quantitative estimate of drug-likeness (QED) is 0.461. The minimum absolute atomic E-state index is 0.999. The summed E-state index contributed by atoms with van der Waals surface area (Å²) < 4.78 is 0. The first-order valence-corrected chi connectivity index (χ1v) is 9.12. The summed E-state index contributed by atoms with van der Waals surface area (Å²) >= 11 is 0. The molecule has 0 saturated heterocycles. The Balaban J connectivity index is 3.80. The number of hydrogen-bond acceptors (Lipinski definition) is 1. The molecule has 14 heavy (non-hydrogen) atoms. The van der Waals surface area contributed by atoms with E-state index in [0.29, 0.717) is 0 Å². The van der Waals surface area contributed by atoms with Crippen molar-refractivity contribution in [2.24, 2.45) is 0 Å². The molecular weight excluding hydrogens is 186 g/mol. The summed E-state index contributed by atoms with van der Waals surface area (Å²) in [5.41, 5.74) is 1.36. The van der Waals surface area contributed by atoms with Gasteiger partial charge in [0.05, 0.1) is 8.07 Å². The molecule has 0 aromatic heterocycles. The Hall–Kier alpha value is -0.0831. The highest BCUT2D eigenvalue weighted by Gasteiger charge is 2.20. The van der Waals surface area contributed by atoms with E-state index >= 15 is 0 Å². The van der Waals surface area contributed by atoms with Crippen molar-refractivity contribution in [3.63, 3.8) is 0 Å². The van der Waals surface area contributed by atoms with E-state index in [1.165, 1.54) is 37.2 Å².